The summed E-state index contributed by atoms with van der Waals surface area (Å²) in [5.41, 5.74) is 0. The summed E-state index contributed by atoms with van der Waals surface area (Å²) in [4.78, 5) is 16.8. The van der Waals surface area contributed by atoms with Gasteiger partial charge in [-0.3, -0.25) is 5.32 Å². The van der Waals surface area contributed by atoms with E-state index in [1.807, 2.05) is 6.92 Å². The van der Waals surface area contributed by atoms with Crippen molar-refractivity contribution in [3.8, 4) is 0 Å². The fourth-order valence-corrected chi connectivity index (χ4v) is 2.23. The van der Waals surface area contributed by atoms with Gasteiger partial charge >= 0.3 is 6.03 Å². The molecule has 0 aliphatic rings. The second-order valence-corrected chi connectivity index (χ2v) is 4.88. The summed E-state index contributed by atoms with van der Waals surface area (Å²) in [5.74, 6) is 0. The van der Waals surface area contributed by atoms with E-state index in [2.05, 4.69) is 22.5 Å². The molecule has 0 saturated carbocycles. The number of nitrogens with zero attached hydrogens (tertiary/aromatic N) is 1. The van der Waals surface area contributed by atoms with Gasteiger partial charge < -0.3 is 10.4 Å². The highest BCUT2D eigenvalue weighted by Gasteiger charge is 2.10. The molecule has 1 aromatic heterocycles. The Labute approximate surface area is 105 Å². The first-order valence-electron chi connectivity index (χ1n) is 5.82. The Bertz CT molecular complexity index is 350. The summed E-state index contributed by atoms with van der Waals surface area (Å²) < 4.78 is 0. The number of hydrogen-bond acceptors (Lipinski definition) is 4. The van der Waals surface area contributed by atoms with Crippen LogP contribution in [-0.2, 0) is 6.42 Å². The fourth-order valence-electron chi connectivity index (χ4n) is 1.32. The maximum absolute atomic E-state index is 11.5. The van der Waals surface area contributed by atoms with Crippen LogP contribution >= 0.6 is 11.3 Å². The number of carbonyl (C=O) groups is 1. The summed E-state index contributed by atoms with van der Waals surface area (Å²) in [6.07, 6.45) is 4.53. The van der Waals surface area contributed by atoms with Gasteiger partial charge in [-0.1, -0.05) is 20.3 Å². The number of amides is 2. The topological polar surface area (TPSA) is 74.2 Å². The molecule has 0 fully saturated rings. The van der Waals surface area contributed by atoms with E-state index in [9.17, 15) is 4.79 Å². The number of thiazole rings is 1. The molecule has 1 heterocycles. The third-order valence-corrected chi connectivity index (χ3v) is 3.29. The molecule has 0 aliphatic heterocycles. The molecule has 0 spiro atoms. The number of aryl methyl sites for hydroxylation is 1. The average molecular weight is 257 g/mol. The van der Waals surface area contributed by atoms with Crippen LogP contribution in [0, 0.1) is 0 Å². The van der Waals surface area contributed by atoms with E-state index in [0.717, 1.165) is 17.7 Å². The van der Waals surface area contributed by atoms with Crippen molar-refractivity contribution >= 4 is 22.5 Å². The highest BCUT2D eigenvalue weighted by Crippen LogP contribution is 2.19. The van der Waals surface area contributed by atoms with Gasteiger partial charge in [0.15, 0.2) is 5.13 Å². The Morgan fingerprint density at radius 2 is 2.35 bits per heavy atom. The lowest BCUT2D eigenvalue weighted by atomic mass is 10.2. The van der Waals surface area contributed by atoms with Crippen LogP contribution in [0.5, 0.6) is 0 Å². The third-order valence-electron chi connectivity index (χ3n) is 2.32. The molecular weight excluding hydrogens is 238 g/mol. The highest BCUT2D eigenvalue weighted by atomic mass is 32.1. The maximum atomic E-state index is 11.5. The molecule has 2 amide bonds. The van der Waals surface area contributed by atoms with Gasteiger partial charge in [0.1, 0.15) is 0 Å². The second-order valence-electron chi connectivity index (χ2n) is 3.77. The number of rotatable bonds is 6. The van der Waals surface area contributed by atoms with Crippen LogP contribution in [0.25, 0.3) is 0 Å². The van der Waals surface area contributed by atoms with Gasteiger partial charge in [-0.25, -0.2) is 9.78 Å². The van der Waals surface area contributed by atoms with E-state index in [4.69, 9.17) is 5.11 Å². The lowest BCUT2D eigenvalue weighted by Gasteiger charge is -2.13. The zero-order valence-electron chi connectivity index (χ0n) is 10.2. The quantitative estimate of drug-likeness (QED) is 0.729. The molecule has 1 rings (SSSR count). The molecule has 17 heavy (non-hydrogen) atoms. The second kappa shape index (κ2) is 7.24. The summed E-state index contributed by atoms with van der Waals surface area (Å²) in [6.45, 7) is 3.96. The van der Waals surface area contributed by atoms with Crippen molar-refractivity contribution in [2.75, 3.05) is 11.9 Å². The zero-order valence-corrected chi connectivity index (χ0v) is 11.0. The minimum atomic E-state index is -0.316. The summed E-state index contributed by atoms with van der Waals surface area (Å²) in [7, 11) is 0. The molecule has 1 aromatic rings. The summed E-state index contributed by atoms with van der Waals surface area (Å²) in [6, 6.07) is -0.520. The van der Waals surface area contributed by atoms with Crippen LogP contribution in [0.3, 0.4) is 0 Å². The fraction of sp³-hybridized carbons (Fsp3) is 0.636. The molecular formula is C11H19N3O2S. The smallest absolute Gasteiger partial charge is 0.321 e. The molecule has 1 atom stereocenters. The van der Waals surface area contributed by atoms with E-state index in [0.29, 0.717) is 11.6 Å². The van der Waals surface area contributed by atoms with Crippen molar-refractivity contribution < 1.29 is 9.90 Å². The first-order chi connectivity index (χ1) is 8.19. The lowest BCUT2D eigenvalue weighted by molar-refractivity contribution is 0.222. The standard InChI is InChI=1S/C11H19N3O2S/c1-3-5-9-6-12-11(17-9)14-10(16)13-8(4-2)7-15/h6,8,15H,3-5,7H2,1-2H3,(H2,12,13,14,16). The van der Waals surface area contributed by atoms with Crippen molar-refractivity contribution in [2.24, 2.45) is 0 Å². The Morgan fingerprint density at radius 3 is 2.94 bits per heavy atom. The molecule has 3 N–H and O–H groups in total. The number of nitrogens with one attached hydrogen (secondary N) is 2. The number of hydrogen-bond donors (Lipinski definition) is 3. The van der Waals surface area contributed by atoms with Gasteiger partial charge in [-0.15, -0.1) is 11.3 Å². The van der Waals surface area contributed by atoms with Crippen LogP contribution in [0.15, 0.2) is 6.20 Å². The summed E-state index contributed by atoms with van der Waals surface area (Å²) >= 11 is 1.48. The minimum absolute atomic E-state index is 0.0527. The Hall–Kier alpha value is -1.14. The van der Waals surface area contributed by atoms with Crippen LogP contribution < -0.4 is 10.6 Å². The van der Waals surface area contributed by atoms with E-state index in [-0.39, 0.29) is 18.7 Å². The third kappa shape index (κ3) is 4.70. The van der Waals surface area contributed by atoms with E-state index < -0.39 is 0 Å². The molecule has 0 aliphatic carbocycles. The number of aliphatic hydroxyl groups excluding tert-OH is 1. The Morgan fingerprint density at radius 1 is 1.59 bits per heavy atom. The largest absolute Gasteiger partial charge is 0.394 e. The van der Waals surface area contributed by atoms with Gasteiger partial charge in [0.25, 0.3) is 0 Å². The maximum Gasteiger partial charge on any atom is 0.321 e. The van der Waals surface area contributed by atoms with Crippen LogP contribution in [0.4, 0.5) is 9.93 Å². The van der Waals surface area contributed by atoms with E-state index >= 15 is 0 Å². The van der Waals surface area contributed by atoms with E-state index in [1.165, 1.54) is 11.3 Å². The molecule has 96 valence electrons. The molecule has 5 nitrogen and oxygen atoms in total. The number of urea groups is 1. The molecule has 0 saturated heterocycles. The molecule has 1 unspecified atom stereocenters. The van der Waals surface area contributed by atoms with Crippen LogP contribution in [0.1, 0.15) is 31.6 Å². The van der Waals surface area contributed by atoms with Crippen LogP contribution in [0.2, 0.25) is 0 Å². The monoisotopic (exact) mass is 257 g/mol. The zero-order chi connectivity index (χ0) is 12.7. The number of anilines is 1. The van der Waals surface area contributed by atoms with Gasteiger partial charge in [0.05, 0.1) is 12.6 Å². The number of aromatic nitrogens is 1. The Kier molecular flexibility index (Phi) is 5.93. The molecule has 0 radical (unpaired) electrons. The van der Waals surface area contributed by atoms with Gasteiger partial charge in [-0.05, 0) is 12.8 Å². The first-order valence-corrected chi connectivity index (χ1v) is 6.64. The summed E-state index contributed by atoms with van der Waals surface area (Å²) in [5, 5.41) is 14.9. The van der Waals surface area contributed by atoms with Crippen molar-refractivity contribution in [3.05, 3.63) is 11.1 Å². The van der Waals surface area contributed by atoms with Crippen molar-refractivity contribution in [1.29, 1.82) is 0 Å². The predicted octanol–water partition coefficient (Wildman–Crippen LogP) is 1.99. The lowest BCUT2D eigenvalue weighted by Crippen LogP contribution is -2.39. The molecule has 6 heteroatoms. The molecule has 0 bridgehead atoms. The SMILES string of the molecule is CCCc1cnc(NC(=O)NC(CC)CO)s1. The van der Waals surface area contributed by atoms with Crippen molar-refractivity contribution in [1.82, 2.24) is 10.3 Å². The van der Waals surface area contributed by atoms with Gasteiger partial charge in [0.2, 0.25) is 0 Å². The Balaban J connectivity index is 2.44. The van der Waals surface area contributed by atoms with Crippen molar-refractivity contribution in [3.63, 3.8) is 0 Å². The average Bonchev–Trinajstić information content (AvgIpc) is 2.74. The van der Waals surface area contributed by atoms with Crippen molar-refractivity contribution in [2.45, 2.75) is 39.2 Å². The molecule has 0 aromatic carbocycles. The van der Waals surface area contributed by atoms with E-state index in [1.54, 1.807) is 6.20 Å². The van der Waals surface area contributed by atoms with Crippen LogP contribution in [-0.4, -0.2) is 28.8 Å². The van der Waals surface area contributed by atoms with Gasteiger partial charge in [0, 0.05) is 11.1 Å². The first kappa shape index (κ1) is 13.9. The minimum Gasteiger partial charge on any atom is -0.394 e. The number of carbonyl (C=O) groups excluding carboxylic acids is 1. The normalized spacial score (nSPS) is 12.2. The predicted molar refractivity (Wildman–Crippen MR) is 69.4 cm³/mol. The highest BCUT2D eigenvalue weighted by molar-refractivity contribution is 7.15. The van der Waals surface area contributed by atoms with Gasteiger partial charge in [-0.2, -0.15) is 0 Å². The number of aliphatic hydroxyl groups is 1.